The third-order valence-corrected chi connectivity index (χ3v) is 5.72. The van der Waals surface area contributed by atoms with E-state index in [0.29, 0.717) is 19.1 Å². The van der Waals surface area contributed by atoms with Gasteiger partial charge in [0.1, 0.15) is 17.2 Å². The Hall–Kier alpha value is -3.95. The zero-order valence-electron chi connectivity index (χ0n) is 22.0. The van der Waals surface area contributed by atoms with E-state index in [1.165, 1.54) is 12.8 Å². The lowest BCUT2D eigenvalue weighted by Crippen LogP contribution is -2.10. The molecule has 6 heteroatoms. The summed E-state index contributed by atoms with van der Waals surface area (Å²) in [5, 5.41) is 9.94. The van der Waals surface area contributed by atoms with E-state index in [4.69, 9.17) is 14.2 Å². The van der Waals surface area contributed by atoms with Crippen LogP contribution in [0.2, 0.25) is 0 Å². The highest BCUT2D eigenvalue weighted by molar-refractivity contribution is 5.96. The van der Waals surface area contributed by atoms with E-state index in [1.54, 1.807) is 17.8 Å². The summed E-state index contributed by atoms with van der Waals surface area (Å²) in [6, 6.07) is 15.4. The molecule has 1 aliphatic rings. The number of aryl methyl sites for hydroxylation is 1. The van der Waals surface area contributed by atoms with Gasteiger partial charge in [0.2, 0.25) is 0 Å². The second kappa shape index (κ2) is 15.2. The Balaban J connectivity index is 0.000000531. The van der Waals surface area contributed by atoms with E-state index >= 15 is 0 Å². The molecule has 0 spiro atoms. The highest BCUT2D eigenvalue weighted by Gasteiger charge is 2.23. The van der Waals surface area contributed by atoms with Crippen LogP contribution in [0.1, 0.15) is 41.4 Å². The summed E-state index contributed by atoms with van der Waals surface area (Å²) >= 11 is 0. The molecule has 6 nitrogen and oxygen atoms in total. The molecule has 3 aromatic rings. The van der Waals surface area contributed by atoms with Crippen LogP contribution < -0.4 is 9.47 Å². The van der Waals surface area contributed by atoms with Crippen molar-refractivity contribution in [3.8, 4) is 35.5 Å². The smallest absolute Gasteiger partial charge is 0.353 e. The third kappa shape index (κ3) is 8.89. The molecule has 1 aromatic heterocycles. The van der Waals surface area contributed by atoms with Gasteiger partial charge in [0, 0.05) is 24.9 Å². The van der Waals surface area contributed by atoms with Crippen molar-refractivity contribution >= 4 is 5.97 Å². The first-order valence-electron chi connectivity index (χ1n) is 12.3. The van der Waals surface area contributed by atoms with E-state index in [9.17, 15) is 9.90 Å². The van der Waals surface area contributed by atoms with Crippen LogP contribution in [0.5, 0.6) is 11.5 Å². The Morgan fingerprint density at radius 3 is 2.41 bits per heavy atom. The summed E-state index contributed by atoms with van der Waals surface area (Å²) in [5.74, 6) is 1.34. The second-order valence-electron chi connectivity index (χ2n) is 8.55. The van der Waals surface area contributed by atoms with Crippen molar-refractivity contribution in [3.63, 3.8) is 0 Å². The van der Waals surface area contributed by atoms with E-state index in [0.717, 1.165) is 47.0 Å². The number of benzene rings is 2. The van der Waals surface area contributed by atoms with Gasteiger partial charge in [-0.05, 0) is 73.6 Å². The summed E-state index contributed by atoms with van der Waals surface area (Å²) < 4.78 is 17.7. The summed E-state index contributed by atoms with van der Waals surface area (Å²) in [7, 11) is 1.62. The number of terminal acetylenes is 1. The summed E-state index contributed by atoms with van der Waals surface area (Å²) in [6.45, 7) is 10.1. The van der Waals surface area contributed by atoms with Crippen molar-refractivity contribution < 1.29 is 24.1 Å². The molecular formula is C31H37NO5. The molecule has 1 heterocycles. The zero-order valence-corrected chi connectivity index (χ0v) is 22.0. The highest BCUT2D eigenvalue weighted by atomic mass is 16.5. The average molecular weight is 504 g/mol. The fourth-order valence-electron chi connectivity index (χ4n) is 3.80. The first-order valence-corrected chi connectivity index (χ1v) is 12.3. The Labute approximate surface area is 220 Å². The number of methoxy groups -OCH3 is 1. The molecule has 37 heavy (non-hydrogen) atoms. The predicted octanol–water partition coefficient (Wildman–Crippen LogP) is 6.47. The molecular weight excluding hydrogens is 466 g/mol. The normalized spacial score (nSPS) is 11.8. The average Bonchev–Trinajstić information content (AvgIpc) is 3.69. The Morgan fingerprint density at radius 1 is 1.16 bits per heavy atom. The van der Waals surface area contributed by atoms with Gasteiger partial charge in [-0.25, -0.2) is 4.79 Å². The van der Waals surface area contributed by atoms with Crippen LogP contribution in [0.15, 0.2) is 67.4 Å². The molecule has 0 radical (unpaired) electrons. The Bertz CT molecular complexity index is 1160. The minimum atomic E-state index is -0.940. The lowest BCUT2D eigenvalue weighted by molar-refractivity contribution is 0.0686. The molecule has 1 aliphatic carbocycles. The fraction of sp³-hybridized carbons (Fsp3) is 0.323. The topological polar surface area (TPSA) is 69.9 Å². The van der Waals surface area contributed by atoms with Gasteiger partial charge >= 0.3 is 5.97 Å². The van der Waals surface area contributed by atoms with Crippen LogP contribution in [0.25, 0.3) is 11.1 Å². The van der Waals surface area contributed by atoms with Gasteiger partial charge in [0.15, 0.2) is 0 Å². The molecule has 4 rings (SSSR count). The van der Waals surface area contributed by atoms with Gasteiger partial charge in [0.05, 0.1) is 20.3 Å². The van der Waals surface area contributed by atoms with Gasteiger partial charge in [-0.1, -0.05) is 30.3 Å². The summed E-state index contributed by atoms with van der Waals surface area (Å²) in [4.78, 5) is 12.1. The lowest BCUT2D eigenvalue weighted by atomic mass is 10.0. The maximum atomic E-state index is 12.1. The van der Waals surface area contributed by atoms with Crippen molar-refractivity contribution in [2.75, 3.05) is 26.9 Å². The van der Waals surface area contributed by atoms with Gasteiger partial charge in [0.25, 0.3) is 0 Å². The van der Waals surface area contributed by atoms with Gasteiger partial charge in [-0.3, -0.25) is 0 Å². The molecule has 1 fully saturated rings. The number of carbonyl (C=O) groups is 1. The van der Waals surface area contributed by atoms with Crippen molar-refractivity contribution in [2.24, 2.45) is 5.92 Å². The molecule has 0 saturated heterocycles. The van der Waals surface area contributed by atoms with Gasteiger partial charge in [-0.15, -0.1) is 19.4 Å². The zero-order chi connectivity index (χ0) is 27.2. The third-order valence-electron chi connectivity index (χ3n) is 5.72. The lowest BCUT2D eigenvalue weighted by Gasteiger charge is -2.10. The van der Waals surface area contributed by atoms with E-state index < -0.39 is 5.97 Å². The monoisotopic (exact) mass is 503 g/mol. The number of carboxylic acids is 1. The maximum Gasteiger partial charge on any atom is 0.353 e. The minimum absolute atomic E-state index is 0.289. The van der Waals surface area contributed by atoms with Crippen LogP contribution in [-0.2, 0) is 11.3 Å². The molecule has 0 amide bonds. The van der Waals surface area contributed by atoms with Crippen LogP contribution >= 0.6 is 0 Å². The van der Waals surface area contributed by atoms with Crippen molar-refractivity contribution in [2.45, 2.75) is 33.2 Å². The maximum absolute atomic E-state index is 12.1. The first kappa shape index (κ1) is 29.3. The summed E-state index contributed by atoms with van der Waals surface area (Å²) in [6.07, 6.45) is 14.1. The van der Waals surface area contributed by atoms with Crippen molar-refractivity contribution in [3.05, 3.63) is 84.2 Å². The minimum Gasteiger partial charge on any atom is -0.497 e. The van der Waals surface area contributed by atoms with Crippen molar-refractivity contribution in [1.82, 2.24) is 4.57 Å². The molecule has 1 N–H and O–H groups in total. The number of hydrogen-bond donors (Lipinski definition) is 1. The van der Waals surface area contributed by atoms with Crippen LogP contribution in [0, 0.1) is 25.7 Å². The Morgan fingerprint density at radius 2 is 1.86 bits per heavy atom. The molecule has 0 unspecified atom stereocenters. The quantitative estimate of drug-likeness (QED) is 0.185. The number of hydrogen-bond acceptors (Lipinski definition) is 4. The summed E-state index contributed by atoms with van der Waals surface area (Å²) in [5.41, 5.74) is 3.82. The number of nitrogens with zero attached hydrogens (tertiary/aromatic N) is 1. The molecule has 0 aliphatic heterocycles. The fourth-order valence-corrected chi connectivity index (χ4v) is 3.80. The largest absolute Gasteiger partial charge is 0.497 e. The second-order valence-corrected chi connectivity index (χ2v) is 8.55. The molecule has 196 valence electrons. The standard InChI is InChI=1S/C24H25NO4.C5H10O.C2H2/c1-16-13-25(14-18-4-3-5-21(12-18)28-2)23(24(26)27)22(16)19-8-10-20(11-9-19)29-15-17-6-7-17;1-3-5-6-4-2;1-2/h3-5,8-13,17H,6-7,14-15H2,1-2H3,(H,26,27);3H,1,4-5H2,2H3;1-2H. The van der Waals surface area contributed by atoms with Crippen LogP contribution in [0.3, 0.4) is 0 Å². The first-order chi connectivity index (χ1) is 18.0. The number of aromatic carboxylic acids is 1. The number of rotatable bonds is 11. The highest BCUT2D eigenvalue weighted by Crippen LogP contribution is 2.33. The van der Waals surface area contributed by atoms with E-state index in [1.807, 2.05) is 68.6 Å². The van der Waals surface area contributed by atoms with Crippen LogP contribution in [0.4, 0.5) is 0 Å². The Kier molecular flexibility index (Phi) is 12.0. The van der Waals surface area contributed by atoms with E-state index in [2.05, 4.69) is 19.4 Å². The number of ether oxygens (including phenoxy) is 3. The number of carboxylic acid groups (broad SMARTS) is 1. The number of aromatic nitrogens is 1. The predicted molar refractivity (Wildman–Crippen MR) is 148 cm³/mol. The van der Waals surface area contributed by atoms with Gasteiger partial charge in [-0.2, -0.15) is 0 Å². The molecule has 0 atom stereocenters. The molecule has 2 aromatic carbocycles. The van der Waals surface area contributed by atoms with E-state index in [-0.39, 0.29) is 5.69 Å². The molecule has 0 bridgehead atoms. The van der Waals surface area contributed by atoms with Crippen LogP contribution in [-0.4, -0.2) is 42.6 Å². The SMILES string of the molecule is C#C.C=CCOCC.COc1cccc(Cn2cc(C)c(-c3ccc(OCC4CC4)cc3)c2C(=O)O)c1. The molecule has 1 saturated carbocycles. The van der Waals surface area contributed by atoms with Gasteiger partial charge < -0.3 is 23.9 Å². The van der Waals surface area contributed by atoms with Crippen molar-refractivity contribution in [1.29, 1.82) is 0 Å².